The van der Waals surface area contributed by atoms with Crippen molar-refractivity contribution in [3.63, 3.8) is 0 Å². The second-order valence-corrected chi connectivity index (χ2v) is 19.6. The summed E-state index contributed by atoms with van der Waals surface area (Å²) in [7, 11) is 4.52. The smallest absolute Gasteiger partial charge is 0.329 e. The number of carbonyl (C=O) groups is 5. The Morgan fingerprint density at radius 3 is 2.25 bits per heavy atom. The lowest BCUT2D eigenvalue weighted by molar-refractivity contribution is -0.265. The number of rotatable bonds is 6. The molecule has 2 bridgehead atoms. The van der Waals surface area contributed by atoms with Crippen molar-refractivity contribution in [3.05, 3.63) is 47.6 Å². The molecule has 14 nitrogen and oxygen atoms in total. The number of ketones is 3. The van der Waals surface area contributed by atoms with Crippen molar-refractivity contribution in [2.75, 3.05) is 27.9 Å². The molecule has 0 unspecified atom stereocenters. The summed E-state index contributed by atoms with van der Waals surface area (Å²) in [4.78, 5) is 71.8. The fraction of sp³-hybridized carbons (Fsp3) is 0.745. The first-order valence-corrected chi connectivity index (χ1v) is 23.9. The number of aliphatic hydroxyl groups is 3. The summed E-state index contributed by atoms with van der Waals surface area (Å²) in [5.41, 5.74) is 1.27. The number of nitrogens with zero attached hydrogens (tertiary/aromatic N) is 1. The van der Waals surface area contributed by atoms with E-state index in [9.17, 15) is 39.3 Å². The van der Waals surface area contributed by atoms with Crippen molar-refractivity contribution in [1.82, 2.24) is 4.90 Å². The van der Waals surface area contributed by atoms with Crippen molar-refractivity contribution >= 4 is 29.2 Å². The lowest BCUT2D eigenvalue weighted by Gasteiger charge is -2.42. The van der Waals surface area contributed by atoms with E-state index < -0.39 is 83.9 Å². The van der Waals surface area contributed by atoms with Gasteiger partial charge in [0.15, 0.2) is 5.78 Å². The number of ether oxygens (including phenoxy) is 5. The van der Waals surface area contributed by atoms with Crippen molar-refractivity contribution in [2.24, 2.45) is 35.5 Å². The number of Topliss-reactive ketones (excluding diaryl/α,β-unsaturated/α-hetero) is 3. The summed E-state index contributed by atoms with van der Waals surface area (Å²) in [6, 6.07) is -1.14. The minimum Gasteiger partial charge on any atom is -0.460 e. The number of amides is 1. The molecule has 1 aliphatic carbocycles. The van der Waals surface area contributed by atoms with Crippen LogP contribution in [-0.2, 0) is 47.7 Å². The molecule has 0 aromatic carbocycles. The molecule has 4 rings (SSSR count). The Balaban J connectivity index is 1.70. The van der Waals surface area contributed by atoms with Crippen molar-refractivity contribution < 1.29 is 63.0 Å². The summed E-state index contributed by atoms with van der Waals surface area (Å²) < 4.78 is 29.4. The summed E-state index contributed by atoms with van der Waals surface area (Å²) >= 11 is 0. The Labute approximate surface area is 387 Å². The topological polar surface area (TPSA) is 195 Å². The van der Waals surface area contributed by atoms with E-state index in [-0.39, 0.29) is 54.8 Å². The Morgan fingerprint density at radius 2 is 1.57 bits per heavy atom. The molecule has 3 heterocycles. The van der Waals surface area contributed by atoms with Crippen molar-refractivity contribution in [3.8, 4) is 0 Å². The second kappa shape index (κ2) is 25.1. The predicted molar refractivity (Wildman–Crippen MR) is 245 cm³/mol. The van der Waals surface area contributed by atoms with Crippen LogP contribution in [0.15, 0.2) is 47.6 Å². The number of hydrogen-bond donors (Lipinski definition) is 3. The molecule has 3 fully saturated rings. The molecule has 65 heavy (non-hydrogen) atoms. The van der Waals surface area contributed by atoms with E-state index in [4.69, 9.17) is 23.7 Å². The van der Waals surface area contributed by atoms with E-state index in [1.165, 1.54) is 12.0 Å². The van der Waals surface area contributed by atoms with Crippen LogP contribution in [0.5, 0.6) is 0 Å². The molecule has 3 aliphatic heterocycles. The van der Waals surface area contributed by atoms with E-state index in [0.29, 0.717) is 63.4 Å². The van der Waals surface area contributed by atoms with Crippen LogP contribution < -0.4 is 0 Å². The molecular weight excluding hydrogens is 835 g/mol. The van der Waals surface area contributed by atoms with Gasteiger partial charge in [0, 0.05) is 58.5 Å². The Kier molecular flexibility index (Phi) is 21.0. The molecule has 0 aromatic heterocycles. The number of fused-ring (bicyclic) bond motifs is 3. The summed E-state index contributed by atoms with van der Waals surface area (Å²) in [6.07, 6.45) is 11.2. The Morgan fingerprint density at radius 1 is 0.846 bits per heavy atom. The van der Waals surface area contributed by atoms with Crippen LogP contribution in [0.2, 0.25) is 0 Å². The Bertz CT molecular complexity index is 1760. The highest BCUT2D eigenvalue weighted by molar-refractivity contribution is 6.39. The van der Waals surface area contributed by atoms with Gasteiger partial charge in [-0.2, -0.15) is 0 Å². The molecule has 1 amide bonds. The molecule has 0 radical (unpaired) electrons. The normalized spacial score (nSPS) is 40.4. The molecule has 3 N–H and O–H groups in total. The van der Waals surface area contributed by atoms with Crippen LogP contribution >= 0.6 is 0 Å². The van der Waals surface area contributed by atoms with Crippen LogP contribution in [0.25, 0.3) is 0 Å². The number of allylic oxidation sites excluding steroid dienone is 6. The second-order valence-electron chi connectivity index (χ2n) is 19.6. The molecule has 0 spiro atoms. The number of carbonyl (C=O) groups excluding carboxylic acids is 5. The number of esters is 1. The quantitative estimate of drug-likeness (QED) is 0.156. The van der Waals surface area contributed by atoms with Gasteiger partial charge in [0.1, 0.15) is 30.1 Å². The third kappa shape index (κ3) is 14.3. The zero-order valence-corrected chi connectivity index (χ0v) is 40.6. The Hall–Kier alpha value is -3.37. The van der Waals surface area contributed by atoms with Gasteiger partial charge in [-0.05, 0) is 107 Å². The van der Waals surface area contributed by atoms with Gasteiger partial charge >= 0.3 is 5.97 Å². The number of piperidine rings is 1. The molecule has 14 heteroatoms. The molecule has 4 aliphatic rings. The first kappa shape index (κ1) is 54.2. The zero-order chi connectivity index (χ0) is 48.2. The van der Waals surface area contributed by atoms with Crippen molar-refractivity contribution in [1.29, 1.82) is 0 Å². The third-order valence-electron chi connectivity index (χ3n) is 14.5. The van der Waals surface area contributed by atoms with E-state index in [2.05, 4.69) is 0 Å². The standard InChI is InChI=1S/C51H79NO13/c1-30-16-12-11-13-17-31(2)42(61-8)28-38-21-19-36(7)51(60,65-38)48(57)49(58)52-23-15-14-18-39(52)50(59)64-43(33(4)26-37-20-22-40(53)44(27-37)62-9)29-41(54)32(3)25-35(6)46(56)47(63-10)45(55)34(5)24-30/h11-13,16-17,25,30,32-34,36-40,42-44,46-47,53,56,60H,14-15,18-24,26-29H2,1-10H3/b13-11+,16-12+,31-17+,35-25-/t30-,32+,33-,34-,36-,37-,38+,39+,40-,42+,43+,44-,46+,47+,51-/m1/s1. The van der Waals surface area contributed by atoms with Crippen LogP contribution in [0.1, 0.15) is 126 Å². The number of aliphatic hydroxyl groups excluding tert-OH is 2. The van der Waals surface area contributed by atoms with Gasteiger partial charge in [-0.1, -0.05) is 71.1 Å². The molecule has 0 aromatic rings. The SMILES string of the molecule is CO[C@H]1C[C@@H]2CC[C@@H](C)[C@@](O)(O2)C(=O)C(=O)N2CCCC[C@H]2C(=O)O[C@H]([C@H](C)C[C@H]2CC[C@@H](O)[C@H](OC)C2)CC(=O)[C@@H](C)/C=C(/C)[C@H](O)[C@@H](OC)C(=O)[C@H](C)C[C@H](C)/C=C/C=C/C=C/1C. The molecule has 366 valence electrons. The highest BCUT2D eigenvalue weighted by Crippen LogP contribution is 2.38. The maximum Gasteiger partial charge on any atom is 0.329 e. The lowest BCUT2D eigenvalue weighted by atomic mass is 9.78. The first-order valence-electron chi connectivity index (χ1n) is 23.9. The largest absolute Gasteiger partial charge is 0.460 e. The van der Waals surface area contributed by atoms with Gasteiger partial charge in [-0.3, -0.25) is 19.2 Å². The molecule has 2 saturated heterocycles. The van der Waals surface area contributed by atoms with Gasteiger partial charge in [0.2, 0.25) is 5.79 Å². The van der Waals surface area contributed by atoms with E-state index >= 15 is 0 Å². The van der Waals surface area contributed by atoms with E-state index in [0.717, 1.165) is 12.0 Å². The maximum absolute atomic E-state index is 14.4. The lowest BCUT2D eigenvalue weighted by Crippen LogP contribution is -2.61. The predicted octanol–water partition coefficient (Wildman–Crippen LogP) is 6.18. The molecule has 15 atom stereocenters. The number of cyclic esters (lactones) is 1. The van der Waals surface area contributed by atoms with Gasteiger partial charge in [0.25, 0.3) is 11.7 Å². The van der Waals surface area contributed by atoms with Crippen LogP contribution in [0, 0.1) is 35.5 Å². The minimum atomic E-state index is -2.43. The maximum atomic E-state index is 14.4. The number of hydrogen-bond acceptors (Lipinski definition) is 13. The number of methoxy groups -OCH3 is 3. The van der Waals surface area contributed by atoms with Gasteiger partial charge in [-0.15, -0.1) is 0 Å². The summed E-state index contributed by atoms with van der Waals surface area (Å²) in [5.74, 6) is -7.96. The highest BCUT2D eigenvalue weighted by Gasteiger charge is 2.53. The summed E-state index contributed by atoms with van der Waals surface area (Å²) in [6.45, 7) is 12.7. The highest BCUT2D eigenvalue weighted by atomic mass is 16.6. The average molecular weight is 914 g/mol. The monoisotopic (exact) mass is 914 g/mol. The average Bonchev–Trinajstić information content (AvgIpc) is 3.28. The summed E-state index contributed by atoms with van der Waals surface area (Å²) in [5, 5.41) is 33.8. The van der Waals surface area contributed by atoms with E-state index in [1.54, 1.807) is 41.1 Å². The van der Waals surface area contributed by atoms with Crippen LogP contribution in [-0.4, -0.2) is 132 Å². The molecule has 1 saturated carbocycles. The van der Waals surface area contributed by atoms with Gasteiger partial charge in [0.05, 0.1) is 24.4 Å². The first-order chi connectivity index (χ1) is 30.7. The van der Waals surface area contributed by atoms with E-state index in [1.807, 2.05) is 58.1 Å². The van der Waals surface area contributed by atoms with Gasteiger partial charge in [-0.25, -0.2) is 4.79 Å². The fourth-order valence-corrected chi connectivity index (χ4v) is 10.1. The molecular formula is C51H79NO13. The third-order valence-corrected chi connectivity index (χ3v) is 14.5. The minimum absolute atomic E-state index is 0.0193. The fourth-order valence-electron chi connectivity index (χ4n) is 10.1. The van der Waals surface area contributed by atoms with Crippen LogP contribution in [0.4, 0.5) is 0 Å². The van der Waals surface area contributed by atoms with Crippen molar-refractivity contribution in [2.45, 2.75) is 180 Å². The zero-order valence-electron chi connectivity index (χ0n) is 40.6. The van der Waals surface area contributed by atoms with Crippen LogP contribution in [0.3, 0.4) is 0 Å². The van der Waals surface area contributed by atoms with Gasteiger partial charge < -0.3 is 43.9 Å².